The summed E-state index contributed by atoms with van der Waals surface area (Å²) in [6.07, 6.45) is 0. The molecule has 1 heterocycles. The summed E-state index contributed by atoms with van der Waals surface area (Å²) in [6.45, 7) is 1.41. The van der Waals surface area contributed by atoms with Crippen LogP contribution < -0.4 is 10.6 Å². The molecule has 0 radical (unpaired) electrons. The van der Waals surface area contributed by atoms with Crippen LogP contribution in [0.15, 0.2) is 41.8 Å². The highest BCUT2D eigenvalue weighted by Crippen LogP contribution is 2.16. The molecule has 0 fully saturated rings. The van der Waals surface area contributed by atoms with E-state index in [0.29, 0.717) is 30.1 Å². The second-order valence-electron chi connectivity index (χ2n) is 4.30. The molecule has 21 heavy (non-hydrogen) atoms. The van der Waals surface area contributed by atoms with Crippen molar-refractivity contribution < 1.29 is 9.72 Å². The average Bonchev–Trinajstić information content (AvgIpc) is 3.01. The Labute approximate surface area is 126 Å². The van der Waals surface area contributed by atoms with Crippen LogP contribution in [-0.4, -0.2) is 23.9 Å². The molecule has 0 spiro atoms. The largest absolute Gasteiger partial charge is 0.350 e. The van der Waals surface area contributed by atoms with Crippen molar-refractivity contribution >= 4 is 22.9 Å². The smallest absolute Gasteiger partial charge is 0.273 e. The molecule has 0 saturated carbocycles. The minimum absolute atomic E-state index is 0.0995. The molecule has 6 nitrogen and oxygen atoms in total. The number of hydrogen-bond acceptors (Lipinski definition) is 5. The molecule has 110 valence electrons. The molecule has 0 unspecified atom stereocenters. The van der Waals surface area contributed by atoms with Crippen LogP contribution in [0.2, 0.25) is 0 Å². The van der Waals surface area contributed by atoms with E-state index in [4.69, 9.17) is 0 Å². The minimum Gasteiger partial charge on any atom is -0.350 e. The number of rotatable bonds is 7. The quantitative estimate of drug-likeness (QED) is 0.466. The molecule has 0 saturated heterocycles. The van der Waals surface area contributed by atoms with Crippen LogP contribution in [0, 0.1) is 10.1 Å². The predicted octanol–water partition coefficient (Wildman–Crippen LogP) is 2.18. The first-order valence-corrected chi connectivity index (χ1v) is 7.31. The van der Waals surface area contributed by atoms with Crippen LogP contribution in [0.5, 0.6) is 0 Å². The van der Waals surface area contributed by atoms with Gasteiger partial charge in [0.1, 0.15) is 0 Å². The molecular formula is C14H15N3O3S. The van der Waals surface area contributed by atoms with Gasteiger partial charge >= 0.3 is 0 Å². The first kappa shape index (κ1) is 15.1. The molecule has 1 aromatic carbocycles. The minimum atomic E-state index is -0.393. The van der Waals surface area contributed by atoms with Gasteiger partial charge in [0.25, 0.3) is 11.6 Å². The van der Waals surface area contributed by atoms with Gasteiger partial charge in [0.2, 0.25) is 0 Å². The van der Waals surface area contributed by atoms with E-state index < -0.39 is 4.92 Å². The molecule has 7 heteroatoms. The highest BCUT2D eigenvalue weighted by atomic mass is 32.1. The third-order valence-electron chi connectivity index (χ3n) is 2.84. The summed E-state index contributed by atoms with van der Waals surface area (Å²) in [4.78, 5) is 22.8. The predicted molar refractivity (Wildman–Crippen MR) is 81.5 cm³/mol. The Morgan fingerprint density at radius 3 is 2.71 bits per heavy atom. The zero-order valence-electron chi connectivity index (χ0n) is 11.2. The number of benzene rings is 1. The third-order valence-corrected chi connectivity index (χ3v) is 3.70. The number of nitro groups is 1. The molecule has 1 aromatic heterocycles. The van der Waals surface area contributed by atoms with Gasteiger partial charge < -0.3 is 10.6 Å². The maximum absolute atomic E-state index is 11.7. The van der Waals surface area contributed by atoms with E-state index in [-0.39, 0.29) is 11.6 Å². The standard InChI is InChI=1S/C14H15N3O3S/c18-14(13-6-3-9-21-13)16-8-7-15-10-11-4-1-2-5-12(11)17(19)20/h1-6,9,15H,7-8,10H2,(H,16,18). The van der Waals surface area contributed by atoms with Crippen LogP contribution in [0.4, 0.5) is 5.69 Å². The van der Waals surface area contributed by atoms with Crippen molar-refractivity contribution in [3.63, 3.8) is 0 Å². The lowest BCUT2D eigenvalue weighted by Crippen LogP contribution is -2.31. The van der Waals surface area contributed by atoms with Gasteiger partial charge in [0, 0.05) is 31.3 Å². The second kappa shape index (κ2) is 7.51. The first-order valence-electron chi connectivity index (χ1n) is 6.43. The van der Waals surface area contributed by atoms with Gasteiger partial charge in [-0.3, -0.25) is 14.9 Å². The molecule has 0 aliphatic heterocycles. The van der Waals surface area contributed by atoms with E-state index in [0.717, 1.165) is 0 Å². The van der Waals surface area contributed by atoms with Crippen molar-refractivity contribution in [2.45, 2.75) is 6.54 Å². The number of carbonyl (C=O) groups excluding carboxylic acids is 1. The summed E-state index contributed by atoms with van der Waals surface area (Å²) in [5.74, 6) is -0.0995. The number of nitrogens with zero attached hydrogens (tertiary/aromatic N) is 1. The number of thiophene rings is 1. The van der Waals surface area contributed by atoms with Gasteiger partial charge in [0.15, 0.2) is 0 Å². The summed E-state index contributed by atoms with van der Waals surface area (Å²) in [6, 6.07) is 10.2. The average molecular weight is 305 g/mol. The topological polar surface area (TPSA) is 84.3 Å². The summed E-state index contributed by atoms with van der Waals surface area (Å²) < 4.78 is 0. The Bertz CT molecular complexity index is 614. The van der Waals surface area contributed by atoms with Crippen LogP contribution in [-0.2, 0) is 6.54 Å². The normalized spacial score (nSPS) is 10.3. The van der Waals surface area contributed by atoms with Gasteiger partial charge in [0.05, 0.1) is 9.80 Å². The van der Waals surface area contributed by atoms with E-state index >= 15 is 0 Å². The zero-order valence-corrected chi connectivity index (χ0v) is 12.1. The maximum atomic E-state index is 11.7. The molecule has 0 aliphatic rings. The number of amides is 1. The van der Waals surface area contributed by atoms with Crippen molar-refractivity contribution in [3.8, 4) is 0 Å². The molecule has 2 rings (SSSR count). The monoisotopic (exact) mass is 305 g/mol. The number of carbonyl (C=O) groups is 1. The van der Waals surface area contributed by atoms with Crippen LogP contribution in [0.25, 0.3) is 0 Å². The summed E-state index contributed by atoms with van der Waals surface area (Å²) in [7, 11) is 0. The highest BCUT2D eigenvalue weighted by molar-refractivity contribution is 7.12. The van der Waals surface area contributed by atoms with E-state index in [1.54, 1.807) is 24.3 Å². The van der Waals surface area contributed by atoms with Crippen LogP contribution >= 0.6 is 11.3 Å². The van der Waals surface area contributed by atoms with E-state index in [2.05, 4.69) is 10.6 Å². The number of nitro benzene ring substituents is 1. The van der Waals surface area contributed by atoms with Gasteiger partial charge in [-0.1, -0.05) is 24.3 Å². The molecule has 0 bridgehead atoms. The lowest BCUT2D eigenvalue weighted by molar-refractivity contribution is -0.385. The summed E-state index contributed by atoms with van der Waals surface area (Å²) in [5.41, 5.74) is 0.736. The third kappa shape index (κ3) is 4.37. The van der Waals surface area contributed by atoms with E-state index in [1.165, 1.54) is 17.4 Å². The first-order chi connectivity index (χ1) is 10.2. The highest BCUT2D eigenvalue weighted by Gasteiger charge is 2.11. The molecule has 0 atom stereocenters. The molecule has 2 N–H and O–H groups in total. The number of para-hydroxylation sites is 1. The maximum Gasteiger partial charge on any atom is 0.273 e. The van der Waals surface area contributed by atoms with Crippen molar-refractivity contribution in [1.29, 1.82) is 0 Å². The fourth-order valence-electron chi connectivity index (χ4n) is 1.82. The number of hydrogen-bond donors (Lipinski definition) is 2. The van der Waals surface area contributed by atoms with Gasteiger partial charge in [-0.15, -0.1) is 11.3 Å². The Kier molecular flexibility index (Phi) is 5.42. The van der Waals surface area contributed by atoms with Crippen molar-refractivity contribution in [2.24, 2.45) is 0 Å². The fourth-order valence-corrected chi connectivity index (χ4v) is 2.46. The summed E-state index contributed by atoms with van der Waals surface area (Å²) >= 11 is 1.39. The van der Waals surface area contributed by atoms with Gasteiger partial charge in [-0.2, -0.15) is 0 Å². The summed E-state index contributed by atoms with van der Waals surface area (Å²) in [5, 5.41) is 18.6. The van der Waals surface area contributed by atoms with Crippen LogP contribution in [0.1, 0.15) is 15.2 Å². The van der Waals surface area contributed by atoms with Crippen molar-refractivity contribution in [3.05, 3.63) is 62.3 Å². The zero-order chi connectivity index (χ0) is 15.1. The van der Waals surface area contributed by atoms with Crippen LogP contribution in [0.3, 0.4) is 0 Å². The lowest BCUT2D eigenvalue weighted by Gasteiger charge is -2.06. The molecular weight excluding hydrogens is 290 g/mol. The Morgan fingerprint density at radius 2 is 2.00 bits per heavy atom. The number of nitrogens with one attached hydrogen (secondary N) is 2. The van der Waals surface area contributed by atoms with Crippen molar-refractivity contribution in [1.82, 2.24) is 10.6 Å². The second-order valence-corrected chi connectivity index (χ2v) is 5.24. The van der Waals surface area contributed by atoms with Gasteiger partial charge in [-0.25, -0.2) is 0 Å². The van der Waals surface area contributed by atoms with E-state index in [9.17, 15) is 14.9 Å². The van der Waals surface area contributed by atoms with E-state index in [1.807, 2.05) is 11.4 Å². The lowest BCUT2D eigenvalue weighted by atomic mass is 10.2. The Morgan fingerprint density at radius 1 is 1.19 bits per heavy atom. The molecule has 2 aromatic rings. The Hall–Kier alpha value is -2.25. The molecule has 1 amide bonds. The fraction of sp³-hybridized carbons (Fsp3) is 0.214. The van der Waals surface area contributed by atoms with Crippen molar-refractivity contribution in [2.75, 3.05) is 13.1 Å². The van der Waals surface area contributed by atoms with Gasteiger partial charge in [-0.05, 0) is 11.4 Å². The SMILES string of the molecule is O=C(NCCNCc1ccccc1[N+](=O)[O-])c1cccs1. The molecule has 0 aliphatic carbocycles. The Balaban J connectivity index is 1.73.